The Morgan fingerprint density at radius 3 is 2.50 bits per heavy atom. The van der Waals surface area contributed by atoms with Crippen LogP contribution in [-0.4, -0.2) is 16.1 Å². The molecule has 114 valence electrons. The molecule has 0 fully saturated rings. The van der Waals surface area contributed by atoms with Crippen LogP contribution in [0.3, 0.4) is 0 Å². The van der Waals surface area contributed by atoms with E-state index in [9.17, 15) is 5.26 Å². The van der Waals surface area contributed by atoms with E-state index in [-0.39, 0.29) is 23.4 Å². The highest BCUT2D eigenvalue weighted by Gasteiger charge is 2.13. The standard InChI is InChI=1S/C16H19N5O/c1-3-10(2)22-9-11-4-6-12(7-5-11)14-13(8-17)15(18)21-16(19)20-14/h4-7,10H,3,9H2,1-2H3,(H4,18,19,20,21). The number of nitriles is 1. The van der Waals surface area contributed by atoms with Crippen molar-refractivity contribution in [3.05, 3.63) is 35.4 Å². The quantitative estimate of drug-likeness (QED) is 0.877. The minimum atomic E-state index is 0.0516. The van der Waals surface area contributed by atoms with Crippen molar-refractivity contribution in [3.8, 4) is 17.3 Å². The van der Waals surface area contributed by atoms with Crippen LogP contribution in [0.15, 0.2) is 24.3 Å². The lowest BCUT2D eigenvalue weighted by molar-refractivity contribution is 0.0508. The fourth-order valence-corrected chi connectivity index (χ4v) is 1.93. The molecule has 1 atom stereocenters. The Morgan fingerprint density at radius 1 is 1.23 bits per heavy atom. The van der Waals surface area contributed by atoms with Gasteiger partial charge in [0.25, 0.3) is 0 Å². The van der Waals surface area contributed by atoms with Gasteiger partial charge in [0, 0.05) is 5.56 Å². The number of benzene rings is 1. The lowest BCUT2D eigenvalue weighted by Gasteiger charge is -2.11. The lowest BCUT2D eigenvalue weighted by Crippen LogP contribution is -2.06. The predicted octanol–water partition coefficient (Wildman–Crippen LogP) is 2.49. The second kappa shape index (κ2) is 6.87. The third-order valence-electron chi connectivity index (χ3n) is 3.40. The van der Waals surface area contributed by atoms with Crippen molar-refractivity contribution in [3.63, 3.8) is 0 Å². The molecule has 2 rings (SSSR count). The molecule has 1 unspecified atom stereocenters. The molecule has 0 aliphatic heterocycles. The molecule has 0 spiro atoms. The average Bonchev–Trinajstić information content (AvgIpc) is 2.52. The van der Waals surface area contributed by atoms with Gasteiger partial charge in [0.05, 0.1) is 18.4 Å². The van der Waals surface area contributed by atoms with Crippen LogP contribution in [0.2, 0.25) is 0 Å². The molecule has 1 heterocycles. The Hall–Kier alpha value is -2.65. The topological polar surface area (TPSA) is 111 Å². The van der Waals surface area contributed by atoms with Crippen molar-refractivity contribution in [2.24, 2.45) is 0 Å². The normalized spacial score (nSPS) is 11.9. The molecule has 22 heavy (non-hydrogen) atoms. The number of hydrogen-bond donors (Lipinski definition) is 2. The smallest absolute Gasteiger partial charge is 0.222 e. The summed E-state index contributed by atoms with van der Waals surface area (Å²) >= 11 is 0. The first-order valence-corrected chi connectivity index (χ1v) is 7.09. The number of nitrogens with zero attached hydrogens (tertiary/aromatic N) is 3. The van der Waals surface area contributed by atoms with Crippen LogP contribution in [0, 0.1) is 11.3 Å². The molecule has 0 aliphatic rings. The SMILES string of the molecule is CCC(C)OCc1ccc(-c2nc(N)nc(N)c2C#N)cc1. The highest BCUT2D eigenvalue weighted by molar-refractivity contribution is 5.73. The van der Waals surface area contributed by atoms with Gasteiger partial charge < -0.3 is 16.2 Å². The summed E-state index contributed by atoms with van der Waals surface area (Å²) < 4.78 is 5.69. The van der Waals surface area contributed by atoms with Crippen LogP contribution in [0.25, 0.3) is 11.3 Å². The van der Waals surface area contributed by atoms with Gasteiger partial charge in [-0.15, -0.1) is 0 Å². The summed E-state index contributed by atoms with van der Waals surface area (Å²) in [6.45, 7) is 4.68. The fourth-order valence-electron chi connectivity index (χ4n) is 1.93. The Kier molecular flexibility index (Phi) is 4.92. The Bertz CT molecular complexity index is 691. The summed E-state index contributed by atoms with van der Waals surface area (Å²) in [6, 6.07) is 9.64. The van der Waals surface area contributed by atoms with Gasteiger partial charge in [-0.3, -0.25) is 0 Å². The molecule has 6 heteroatoms. The maximum absolute atomic E-state index is 9.21. The number of nitrogens with two attached hydrogens (primary N) is 2. The highest BCUT2D eigenvalue weighted by atomic mass is 16.5. The van der Waals surface area contributed by atoms with E-state index in [1.165, 1.54) is 0 Å². The third kappa shape index (κ3) is 3.51. The van der Waals surface area contributed by atoms with E-state index in [2.05, 4.69) is 16.9 Å². The Labute approximate surface area is 129 Å². The van der Waals surface area contributed by atoms with Gasteiger partial charge in [-0.05, 0) is 18.9 Å². The maximum atomic E-state index is 9.21. The molecule has 1 aromatic heterocycles. The monoisotopic (exact) mass is 297 g/mol. The van der Waals surface area contributed by atoms with Gasteiger partial charge in [-0.25, -0.2) is 4.98 Å². The summed E-state index contributed by atoms with van der Waals surface area (Å²) in [6.07, 6.45) is 1.20. The van der Waals surface area contributed by atoms with Crippen molar-refractivity contribution in [2.45, 2.75) is 33.0 Å². The van der Waals surface area contributed by atoms with Crippen molar-refractivity contribution < 1.29 is 4.74 Å². The highest BCUT2D eigenvalue weighted by Crippen LogP contribution is 2.25. The molecule has 2 aromatic rings. The third-order valence-corrected chi connectivity index (χ3v) is 3.40. The predicted molar refractivity (Wildman–Crippen MR) is 85.5 cm³/mol. The van der Waals surface area contributed by atoms with E-state index < -0.39 is 0 Å². The molecular formula is C16H19N5O. The van der Waals surface area contributed by atoms with Crippen LogP contribution in [0.5, 0.6) is 0 Å². The number of aromatic nitrogens is 2. The summed E-state index contributed by atoms with van der Waals surface area (Å²) in [5.41, 5.74) is 13.8. The van der Waals surface area contributed by atoms with E-state index in [1.54, 1.807) is 0 Å². The molecule has 0 saturated carbocycles. The fraction of sp³-hybridized carbons (Fsp3) is 0.312. The zero-order valence-corrected chi connectivity index (χ0v) is 12.7. The summed E-state index contributed by atoms with van der Waals surface area (Å²) in [5.74, 6) is 0.143. The molecule has 0 aliphatic carbocycles. The zero-order chi connectivity index (χ0) is 16.1. The van der Waals surface area contributed by atoms with Gasteiger partial charge in [0.15, 0.2) is 0 Å². The average molecular weight is 297 g/mol. The van der Waals surface area contributed by atoms with E-state index in [4.69, 9.17) is 16.2 Å². The van der Waals surface area contributed by atoms with E-state index in [0.29, 0.717) is 12.3 Å². The first-order chi connectivity index (χ1) is 10.5. The van der Waals surface area contributed by atoms with Crippen molar-refractivity contribution in [1.29, 1.82) is 5.26 Å². The molecule has 0 amide bonds. The Morgan fingerprint density at radius 2 is 1.91 bits per heavy atom. The number of hydrogen-bond acceptors (Lipinski definition) is 6. The van der Waals surface area contributed by atoms with E-state index in [1.807, 2.05) is 37.3 Å². The molecule has 0 saturated heterocycles. The summed E-state index contributed by atoms with van der Waals surface area (Å²) in [7, 11) is 0. The van der Waals surface area contributed by atoms with Gasteiger partial charge in [0.1, 0.15) is 17.5 Å². The van der Waals surface area contributed by atoms with Crippen molar-refractivity contribution in [1.82, 2.24) is 9.97 Å². The second-order valence-electron chi connectivity index (χ2n) is 5.03. The van der Waals surface area contributed by atoms with Crippen molar-refractivity contribution in [2.75, 3.05) is 11.5 Å². The first-order valence-electron chi connectivity index (χ1n) is 7.09. The lowest BCUT2D eigenvalue weighted by atomic mass is 10.1. The number of anilines is 2. The van der Waals surface area contributed by atoms with Gasteiger partial charge in [-0.1, -0.05) is 31.2 Å². The first kappa shape index (κ1) is 15.7. The maximum Gasteiger partial charge on any atom is 0.222 e. The molecule has 1 aromatic carbocycles. The number of rotatable bonds is 5. The number of ether oxygens (including phenoxy) is 1. The summed E-state index contributed by atoms with van der Waals surface area (Å²) in [5, 5.41) is 9.21. The zero-order valence-electron chi connectivity index (χ0n) is 12.7. The van der Waals surface area contributed by atoms with Gasteiger partial charge in [-0.2, -0.15) is 10.2 Å². The van der Waals surface area contributed by atoms with Gasteiger partial charge in [0.2, 0.25) is 5.95 Å². The largest absolute Gasteiger partial charge is 0.382 e. The molecule has 0 bridgehead atoms. The van der Waals surface area contributed by atoms with Crippen LogP contribution in [-0.2, 0) is 11.3 Å². The van der Waals surface area contributed by atoms with E-state index >= 15 is 0 Å². The van der Waals surface area contributed by atoms with Crippen LogP contribution < -0.4 is 11.5 Å². The molecule has 4 N–H and O–H groups in total. The van der Waals surface area contributed by atoms with Gasteiger partial charge >= 0.3 is 0 Å². The molecule has 6 nitrogen and oxygen atoms in total. The second-order valence-corrected chi connectivity index (χ2v) is 5.03. The summed E-state index contributed by atoms with van der Waals surface area (Å²) in [4.78, 5) is 7.93. The molecular weight excluding hydrogens is 278 g/mol. The van der Waals surface area contributed by atoms with Crippen molar-refractivity contribution >= 4 is 11.8 Å². The van der Waals surface area contributed by atoms with E-state index in [0.717, 1.165) is 17.5 Å². The minimum Gasteiger partial charge on any atom is -0.382 e. The molecule has 0 radical (unpaired) electrons. The minimum absolute atomic E-state index is 0.0516. The van der Waals surface area contributed by atoms with Crippen LogP contribution in [0.4, 0.5) is 11.8 Å². The Balaban J connectivity index is 2.26. The van der Waals surface area contributed by atoms with Crippen LogP contribution in [0.1, 0.15) is 31.4 Å². The van der Waals surface area contributed by atoms with Crippen LogP contribution >= 0.6 is 0 Å². The number of nitrogen functional groups attached to an aromatic ring is 2.